The summed E-state index contributed by atoms with van der Waals surface area (Å²) >= 11 is 5.91. The summed E-state index contributed by atoms with van der Waals surface area (Å²) in [6, 6.07) is 7.01. The van der Waals surface area contributed by atoms with Crippen LogP contribution in [0.3, 0.4) is 0 Å². The number of hydrogen-bond donors (Lipinski definition) is 2. The zero-order valence-electron chi connectivity index (χ0n) is 16.7. The lowest BCUT2D eigenvalue weighted by molar-refractivity contribution is -0.113. The van der Waals surface area contributed by atoms with Crippen LogP contribution in [0.15, 0.2) is 30.3 Å². The van der Waals surface area contributed by atoms with Gasteiger partial charge in [-0.15, -0.1) is 0 Å². The quantitative estimate of drug-likeness (QED) is 0.736. The van der Waals surface area contributed by atoms with Gasteiger partial charge < -0.3 is 20.0 Å². The predicted molar refractivity (Wildman–Crippen MR) is 110 cm³/mol. The zero-order valence-corrected chi connectivity index (χ0v) is 17.5. The van der Waals surface area contributed by atoms with Gasteiger partial charge in [-0.1, -0.05) is 17.7 Å². The molecular formula is C22H21ClF2N2O4. The maximum atomic E-state index is 13.1. The number of hydrogen-bond acceptors (Lipinski definition) is 4. The van der Waals surface area contributed by atoms with Crippen molar-refractivity contribution in [2.75, 3.05) is 19.6 Å². The van der Waals surface area contributed by atoms with E-state index in [0.717, 1.165) is 28.5 Å². The monoisotopic (exact) mass is 450 g/mol. The lowest BCUT2D eigenvalue weighted by Crippen LogP contribution is -2.58. The molecule has 0 aliphatic carbocycles. The molecular weight excluding hydrogens is 430 g/mol. The molecule has 0 unspecified atom stereocenters. The first-order chi connectivity index (χ1) is 14.6. The molecule has 9 heteroatoms. The largest absolute Gasteiger partial charge is 0.507 e. The average molecular weight is 451 g/mol. The lowest BCUT2D eigenvalue weighted by Gasteiger charge is -2.38. The van der Waals surface area contributed by atoms with Gasteiger partial charge in [0.05, 0.1) is 29.7 Å². The van der Waals surface area contributed by atoms with Gasteiger partial charge in [-0.3, -0.25) is 9.59 Å². The number of carbonyl (C=O) groups excluding carboxylic acids is 2. The summed E-state index contributed by atoms with van der Waals surface area (Å²) in [5, 5.41) is 19.7. The van der Waals surface area contributed by atoms with Crippen molar-refractivity contribution in [1.29, 1.82) is 0 Å². The van der Waals surface area contributed by atoms with Crippen LogP contribution in [0.2, 0.25) is 5.02 Å². The molecule has 6 nitrogen and oxygen atoms in total. The lowest BCUT2D eigenvalue weighted by atomic mass is 9.96. The first-order valence-corrected chi connectivity index (χ1v) is 10.3. The Morgan fingerprint density at radius 2 is 1.81 bits per heavy atom. The van der Waals surface area contributed by atoms with E-state index < -0.39 is 30.8 Å². The summed E-state index contributed by atoms with van der Waals surface area (Å²) < 4.78 is 26.1. The van der Waals surface area contributed by atoms with Crippen molar-refractivity contribution in [3.05, 3.63) is 57.6 Å². The molecule has 2 aliphatic heterocycles. The first kappa shape index (κ1) is 21.4. The van der Waals surface area contributed by atoms with Crippen LogP contribution in [-0.2, 0) is 0 Å². The van der Waals surface area contributed by atoms with E-state index in [9.17, 15) is 28.6 Å². The number of aryl methyl sites for hydroxylation is 1. The highest BCUT2D eigenvalue weighted by molar-refractivity contribution is 6.32. The Labute approximate surface area is 182 Å². The summed E-state index contributed by atoms with van der Waals surface area (Å²) in [6.45, 7) is 1.14. The van der Waals surface area contributed by atoms with Crippen molar-refractivity contribution < 1.29 is 28.6 Å². The standard InChI is InChI=1S/C22H21ClF2N2O4/c1-12-7-13(20(30)26-10-22(24,25)11-26)4-5-14(12)17-3-2-6-27(17)21(31)15-8-16(23)19(29)9-18(15)28/h4-5,7-9,17,28-29H,2-3,6,10-11H2,1H3/t17-/m0/s1. The third kappa shape index (κ3) is 3.92. The molecule has 2 aromatic rings. The number of halogens is 3. The van der Waals surface area contributed by atoms with Crippen molar-refractivity contribution in [1.82, 2.24) is 9.80 Å². The molecule has 0 aromatic heterocycles. The van der Waals surface area contributed by atoms with E-state index in [1.165, 1.54) is 6.07 Å². The second-order valence-electron chi connectivity index (χ2n) is 8.07. The highest BCUT2D eigenvalue weighted by atomic mass is 35.5. The molecule has 0 radical (unpaired) electrons. The Hall–Kier alpha value is -2.87. The van der Waals surface area contributed by atoms with Crippen molar-refractivity contribution in [3.63, 3.8) is 0 Å². The van der Waals surface area contributed by atoms with Gasteiger partial charge in [-0.05, 0) is 49.1 Å². The maximum Gasteiger partial charge on any atom is 0.282 e. The van der Waals surface area contributed by atoms with Gasteiger partial charge in [-0.2, -0.15) is 0 Å². The van der Waals surface area contributed by atoms with Crippen molar-refractivity contribution in [2.45, 2.75) is 31.7 Å². The van der Waals surface area contributed by atoms with Gasteiger partial charge >= 0.3 is 0 Å². The van der Waals surface area contributed by atoms with Crippen LogP contribution in [0.5, 0.6) is 11.5 Å². The van der Waals surface area contributed by atoms with E-state index in [4.69, 9.17) is 11.6 Å². The van der Waals surface area contributed by atoms with E-state index in [2.05, 4.69) is 0 Å². The molecule has 2 heterocycles. The summed E-state index contributed by atoms with van der Waals surface area (Å²) in [4.78, 5) is 28.2. The molecule has 2 aromatic carbocycles. The minimum Gasteiger partial charge on any atom is -0.507 e. The van der Waals surface area contributed by atoms with Crippen LogP contribution >= 0.6 is 11.6 Å². The van der Waals surface area contributed by atoms with E-state index in [1.807, 2.05) is 6.92 Å². The van der Waals surface area contributed by atoms with Gasteiger partial charge in [0, 0.05) is 18.2 Å². The molecule has 4 rings (SSSR count). The fourth-order valence-corrected chi connectivity index (χ4v) is 4.39. The Morgan fingerprint density at radius 3 is 2.45 bits per heavy atom. The fourth-order valence-electron chi connectivity index (χ4n) is 4.23. The number of benzene rings is 2. The molecule has 2 saturated heterocycles. The topological polar surface area (TPSA) is 81.1 Å². The second kappa shape index (κ2) is 7.67. The third-order valence-corrected chi connectivity index (χ3v) is 6.12. The second-order valence-corrected chi connectivity index (χ2v) is 8.47. The number of phenols is 2. The number of nitrogens with zero attached hydrogens (tertiary/aromatic N) is 2. The van der Waals surface area contributed by atoms with E-state index in [1.54, 1.807) is 23.1 Å². The smallest absolute Gasteiger partial charge is 0.282 e. The van der Waals surface area contributed by atoms with Crippen molar-refractivity contribution in [3.8, 4) is 11.5 Å². The predicted octanol–water partition coefficient (Wildman–Crippen LogP) is 4.13. The molecule has 2 N–H and O–H groups in total. The van der Waals surface area contributed by atoms with Gasteiger partial charge in [0.2, 0.25) is 0 Å². The number of likely N-dealkylation sites (tertiary alicyclic amines) is 2. The van der Waals surface area contributed by atoms with Crippen LogP contribution in [0.4, 0.5) is 8.78 Å². The number of carbonyl (C=O) groups is 2. The molecule has 31 heavy (non-hydrogen) atoms. The number of alkyl halides is 2. The Balaban J connectivity index is 1.57. The van der Waals surface area contributed by atoms with Crippen molar-refractivity contribution in [2.24, 2.45) is 0 Å². The molecule has 164 valence electrons. The van der Waals surface area contributed by atoms with Crippen LogP contribution in [0, 0.1) is 6.92 Å². The van der Waals surface area contributed by atoms with Crippen LogP contribution in [0.25, 0.3) is 0 Å². The summed E-state index contributed by atoms with van der Waals surface area (Å²) in [5.41, 5.74) is 1.95. The van der Waals surface area contributed by atoms with Gasteiger partial charge in [-0.25, -0.2) is 8.78 Å². The Bertz CT molecular complexity index is 1070. The minimum atomic E-state index is -2.82. The summed E-state index contributed by atoms with van der Waals surface area (Å²) in [7, 11) is 0. The normalized spacial score (nSPS) is 19.9. The number of phenolic OH excluding ortho intramolecular Hbond substituents is 2. The molecule has 0 saturated carbocycles. The average Bonchev–Trinajstić information content (AvgIpc) is 3.17. The number of rotatable bonds is 3. The summed E-state index contributed by atoms with van der Waals surface area (Å²) in [6.07, 6.45) is 1.46. The van der Waals surface area contributed by atoms with Crippen LogP contribution < -0.4 is 0 Å². The third-order valence-electron chi connectivity index (χ3n) is 5.82. The summed E-state index contributed by atoms with van der Waals surface area (Å²) in [5.74, 6) is -4.35. The maximum absolute atomic E-state index is 13.1. The van der Waals surface area contributed by atoms with Gasteiger partial charge in [0.25, 0.3) is 17.7 Å². The fraction of sp³-hybridized carbons (Fsp3) is 0.364. The first-order valence-electron chi connectivity index (χ1n) is 9.87. The molecule has 0 bridgehead atoms. The molecule has 0 spiro atoms. The molecule has 1 atom stereocenters. The van der Waals surface area contributed by atoms with Crippen LogP contribution in [-0.4, -0.2) is 57.4 Å². The highest BCUT2D eigenvalue weighted by Gasteiger charge is 2.46. The zero-order chi connectivity index (χ0) is 22.5. The highest BCUT2D eigenvalue weighted by Crippen LogP contribution is 2.38. The molecule has 2 fully saturated rings. The van der Waals surface area contributed by atoms with E-state index >= 15 is 0 Å². The number of amides is 2. The van der Waals surface area contributed by atoms with Gasteiger partial charge in [0.15, 0.2) is 0 Å². The number of aromatic hydroxyl groups is 2. The van der Waals surface area contributed by atoms with Crippen molar-refractivity contribution >= 4 is 23.4 Å². The molecule has 2 amide bonds. The minimum absolute atomic E-state index is 0.00198. The molecule has 2 aliphatic rings. The van der Waals surface area contributed by atoms with Gasteiger partial charge in [0.1, 0.15) is 11.5 Å². The van der Waals surface area contributed by atoms with E-state index in [0.29, 0.717) is 18.5 Å². The SMILES string of the molecule is Cc1cc(C(=O)N2CC(F)(F)C2)ccc1[C@@H]1CCCN1C(=O)c1cc(Cl)c(O)cc1O. The van der Waals surface area contributed by atoms with Crippen LogP contribution in [0.1, 0.15) is 50.7 Å². The Kier molecular flexibility index (Phi) is 5.29. The Morgan fingerprint density at radius 1 is 1.10 bits per heavy atom. The van der Waals surface area contributed by atoms with E-state index in [-0.39, 0.29) is 28.1 Å².